The van der Waals surface area contributed by atoms with Gasteiger partial charge in [0.1, 0.15) is 0 Å². The topological polar surface area (TPSA) is 49.4 Å². The van der Waals surface area contributed by atoms with Gasteiger partial charge in [0.25, 0.3) is 0 Å². The van der Waals surface area contributed by atoms with E-state index in [-0.39, 0.29) is 18.2 Å². The van der Waals surface area contributed by atoms with E-state index < -0.39 is 6.04 Å². The zero-order valence-corrected chi connectivity index (χ0v) is 14.1. The van der Waals surface area contributed by atoms with E-state index in [2.05, 4.69) is 21.2 Å². The van der Waals surface area contributed by atoms with E-state index in [4.69, 9.17) is 0 Å². The Kier molecular flexibility index (Phi) is 4.88. The third kappa shape index (κ3) is 3.86. The molecule has 2 aromatic rings. The van der Waals surface area contributed by atoms with Gasteiger partial charge in [0.2, 0.25) is 11.8 Å². The fourth-order valence-electron chi connectivity index (χ4n) is 2.62. The number of rotatable bonds is 5. The number of imide groups is 1. The molecular formula is C18H17BrN2O2. The number of carbonyl (C=O) groups excluding carboxylic acids is 2. The molecule has 2 aromatic carbocycles. The van der Waals surface area contributed by atoms with E-state index in [1.165, 1.54) is 4.90 Å². The molecule has 1 N–H and O–H groups in total. The highest BCUT2D eigenvalue weighted by molar-refractivity contribution is 9.10. The molecule has 23 heavy (non-hydrogen) atoms. The first kappa shape index (κ1) is 15.9. The lowest BCUT2D eigenvalue weighted by Crippen LogP contribution is -2.38. The molecule has 0 saturated carbocycles. The SMILES string of the molecule is O=C1CC(NCc2ccc(Br)cc2)C(=O)N1Cc1ccccc1. The smallest absolute Gasteiger partial charge is 0.247 e. The third-order valence-corrected chi connectivity index (χ3v) is 4.42. The Labute approximate surface area is 143 Å². The number of hydrogen-bond donors (Lipinski definition) is 1. The first-order valence-electron chi connectivity index (χ1n) is 7.49. The molecule has 1 fully saturated rings. The summed E-state index contributed by atoms with van der Waals surface area (Å²) >= 11 is 3.39. The maximum absolute atomic E-state index is 12.4. The minimum Gasteiger partial charge on any atom is -0.301 e. The van der Waals surface area contributed by atoms with E-state index in [1.807, 2.05) is 54.6 Å². The molecule has 1 atom stereocenters. The van der Waals surface area contributed by atoms with Gasteiger partial charge in [0, 0.05) is 11.0 Å². The highest BCUT2D eigenvalue weighted by Crippen LogP contribution is 2.17. The number of carbonyl (C=O) groups is 2. The summed E-state index contributed by atoms with van der Waals surface area (Å²) in [6, 6.07) is 17.0. The van der Waals surface area contributed by atoms with Crippen molar-refractivity contribution < 1.29 is 9.59 Å². The van der Waals surface area contributed by atoms with Crippen LogP contribution in [0, 0.1) is 0 Å². The maximum Gasteiger partial charge on any atom is 0.247 e. The Morgan fingerprint density at radius 3 is 2.39 bits per heavy atom. The van der Waals surface area contributed by atoms with Gasteiger partial charge in [-0.2, -0.15) is 0 Å². The molecule has 0 bridgehead atoms. The number of halogens is 1. The molecule has 118 valence electrons. The molecular weight excluding hydrogens is 356 g/mol. The van der Waals surface area contributed by atoms with Crippen LogP contribution in [0.15, 0.2) is 59.1 Å². The van der Waals surface area contributed by atoms with Crippen LogP contribution in [0.2, 0.25) is 0 Å². The Hall–Kier alpha value is -1.98. The predicted molar refractivity (Wildman–Crippen MR) is 91.4 cm³/mol. The van der Waals surface area contributed by atoms with Crippen molar-refractivity contribution in [1.82, 2.24) is 10.2 Å². The highest BCUT2D eigenvalue weighted by Gasteiger charge is 2.37. The molecule has 1 heterocycles. The summed E-state index contributed by atoms with van der Waals surface area (Å²) < 4.78 is 1.02. The van der Waals surface area contributed by atoms with Crippen molar-refractivity contribution in [3.63, 3.8) is 0 Å². The molecule has 3 rings (SSSR count). The average molecular weight is 373 g/mol. The van der Waals surface area contributed by atoms with E-state index in [1.54, 1.807) is 0 Å². The Balaban J connectivity index is 1.60. The summed E-state index contributed by atoms with van der Waals surface area (Å²) in [7, 11) is 0. The molecule has 1 saturated heterocycles. The highest BCUT2D eigenvalue weighted by atomic mass is 79.9. The number of amides is 2. The second kappa shape index (κ2) is 7.06. The minimum atomic E-state index is -0.435. The van der Waals surface area contributed by atoms with Gasteiger partial charge in [-0.05, 0) is 23.3 Å². The second-order valence-corrected chi connectivity index (χ2v) is 6.48. The molecule has 0 spiro atoms. The van der Waals surface area contributed by atoms with Crippen LogP contribution in [0.25, 0.3) is 0 Å². The first-order chi connectivity index (χ1) is 11.1. The number of likely N-dealkylation sites (tertiary alicyclic amines) is 1. The van der Waals surface area contributed by atoms with Crippen LogP contribution in [0.1, 0.15) is 17.5 Å². The molecule has 1 aliphatic heterocycles. The Morgan fingerprint density at radius 2 is 1.70 bits per heavy atom. The summed E-state index contributed by atoms with van der Waals surface area (Å²) in [5, 5.41) is 3.19. The van der Waals surface area contributed by atoms with Gasteiger partial charge in [-0.3, -0.25) is 14.5 Å². The molecule has 1 unspecified atom stereocenters. The minimum absolute atomic E-state index is 0.118. The summed E-state index contributed by atoms with van der Waals surface area (Å²) in [5.74, 6) is -0.261. The second-order valence-electron chi connectivity index (χ2n) is 5.57. The maximum atomic E-state index is 12.4. The summed E-state index contributed by atoms with van der Waals surface area (Å²) in [6.07, 6.45) is 0.224. The summed E-state index contributed by atoms with van der Waals surface area (Å²) in [6.45, 7) is 0.908. The monoisotopic (exact) mass is 372 g/mol. The molecule has 2 amide bonds. The van der Waals surface area contributed by atoms with Crippen molar-refractivity contribution in [2.24, 2.45) is 0 Å². The van der Waals surface area contributed by atoms with Crippen LogP contribution < -0.4 is 5.32 Å². The van der Waals surface area contributed by atoms with Crippen LogP contribution >= 0.6 is 15.9 Å². The molecule has 1 aliphatic rings. The zero-order chi connectivity index (χ0) is 16.2. The van der Waals surface area contributed by atoms with Gasteiger partial charge in [-0.15, -0.1) is 0 Å². The fourth-order valence-corrected chi connectivity index (χ4v) is 2.88. The lowest BCUT2D eigenvalue weighted by Gasteiger charge is -2.15. The Morgan fingerprint density at radius 1 is 1.00 bits per heavy atom. The number of hydrogen-bond acceptors (Lipinski definition) is 3. The van der Waals surface area contributed by atoms with Gasteiger partial charge >= 0.3 is 0 Å². The largest absolute Gasteiger partial charge is 0.301 e. The van der Waals surface area contributed by atoms with Crippen LogP contribution in [0.4, 0.5) is 0 Å². The van der Waals surface area contributed by atoms with Gasteiger partial charge in [0.15, 0.2) is 0 Å². The molecule has 0 aliphatic carbocycles. The normalized spacial score (nSPS) is 17.8. The molecule has 5 heteroatoms. The van der Waals surface area contributed by atoms with E-state index in [0.717, 1.165) is 15.6 Å². The zero-order valence-electron chi connectivity index (χ0n) is 12.5. The molecule has 0 radical (unpaired) electrons. The van der Waals surface area contributed by atoms with Crippen LogP contribution in [-0.4, -0.2) is 22.8 Å². The van der Waals surface area contributed by atoms with Crippen molar-refractivity contribution in [1.29, 1.82) is 0 Å². The molecule has 0 aromatic heterocycles. The number of benzene rings is 2. The average Bonchev–Trinajstić information content (AvgIpc) is 2.83. The van der Waals surface area contributed by atoms with Crippen LogP contribution in [0.5, 0.6) is 0 Å². The van der Waals surface area contributed by atoms with E-state index in [0.29, 0.717) is 13.1 Å². The number of nitrogens with one attached hydrogen (secondary N) is 1. The van der Waals surface area contributed by atoms with Crippen molar-refractivity contribution in [2.75, 3.05) is 0 Å². The summed E-state index contributed by atoms with van der Waals surface area (Å²) in [4.78, 5) is 25.9. The van der Waals surface area contributed by atoms with E-state index in [9.17, 15) is 9.59 Å². The standard InChI is InChI=1S/C18H17BrN2O2/c19-15-8-6-13(7-9-15)11-20-16-10-17(22)21(18(16)23)12-14-4-2-1-3-5-14/h1-9,16,20H,10-12H2. The van der Waals surface area contributed by atoms with Crippen LogP contribution in [0.3, 0.4) is 0 Å². The van der Waals surface area contributed by atoms with Crippen molar-refractivity contribution in [3.05, 3.63) is 70.2 Å². The van der Waals surface area contributed by atoms with Crippen molar-refractivity contribution in [3.8, 4) is 0 Å². The quantitative estimate of drug-likeness (QED) is 0.820. The first-order valence-corrected chi connectivity index (χ1v) is 8.29. The fraction of sp³-hybridized carbons (Fsp3) is 0.222. The van der Waals surface area contributed by atoms with Gasteiger partial charge in [-0.1, -0.05) is 58.4 Å². The van der Waals surface area contributed by atoms with E-state index >= 15 is 0 Å². The van der Waals surface area contributed by atoms with Gasteiger partial charge in [0.05, 0.1) is 19.0 Å². The van der Waals surface area contributed by atoms with Gasteiger partial charge < -0.3 is 5.32 Å². The third-order valence-electron chi connectivity index (χ3n) is 3.89. The lowest BCUT2D eigenvalue weighted by molar-refractivity contribution is -0.139. The van der Waals surface area contributed by atoms with Crippen LogP contribution in [-0.2, 0) is 22.7 Å². The van der Waals surface area contributed by atoms with Gasteiger partial charge in [-0.25, -0.2) is 0 Å². The molecule has 4 nitrogen and oxygen atoms in total. The Bertz CT molecular complexity index is 701. The lowest BCUT2D eigenvalue weighted by atomic mass is 10.2. The van der Waals surface area contributed by atoms with Crippen molar-refractivity contribution in [2.45, 2.75) is 25.6 Å². The predicted octanol–water partition coefficient (Wildman–Crippen LogP) is 2.87. The number of nitrogens with zero attached hydrogens (tertiary/aromatic N) is 1. The summed E-state index contributed by atoms with van der Waals surface area (Å²) in [5.41, 5.74) is 2.04. The van der Waals surface area contributed by atoms with Crippen molar-refractivity contribution >= 4 is 27.7 Å².